The van der Waals surface area contributed by atoms with E-state index in [1.54, 1.807) is 6.92 Å². The summed E-state index contributed by atoms with van der Waals surface area (Å²) >= 11 is 0. The van der Waals surface area contributed by atoms with E-state index in [4.69, 9.17) is 9.26 Å². The standard InChI is InChI=1S/C13H10F3N3O2/c1-8-11(6-17-21-8)12-18-19(7-20-12)10-4-2-3-9(5-10)13(14,15)16/h2-6H,7H2,1H3. The third kappa shape index (κ3) is 2.56. The van der Waals surface area contributed by atoms with Gasteiger partial charge in [-0.3, -0.25) is 0 Å². The van der Waals surface area contributed by atoms with Gasteiger partial charge in [-0.1, -0.05) is 11.2 Å². The van der Waals surface area contributed by atoms with E-state index in [1.807, 2.05) is 0 Å². The van der Waals surface area contributed by atoms with Crippen molar-refractivity contribution in [3.8, 4) is 0 Å². The molecule has 21 heavy (non-hydrogen) atoms. The lowest BCUT2D eigenvalue weighted by atomic mass is 10.2. The second-order valence-electron chi connectivity index (χ2n) is 4.42. The largest absolute Gasteiger partial charge is 0.453 e. The fraction of sp³-hybridized carbons (Fsp3) is 0.231. The molecule has 0 aliphatic carbocycles. The fourth-order valence-electron chi connectivity index (χ4n) is 1.90. The van der Waals surface area contributed by atoms with Crippen LogP contribution < -0.4 is 5.01 Å². The zero-order chi connectivity index (χ0) is 15.0. The Bertz CT molecular complexity index is 694. The lowest BCUT2D eigenvalue weighted by molar-refractivity contribution is -0.137. The average molecular weight is 297 g/mol. The normalized spacial score (nSPS) is 15.0. The first-order valence-electron chi connectivity index (χ1n) is 6.03. The predicted octanol–water partition coefficient (Wildman–Crippen LogP) is 3.16. The van der Waals surface area contributed by atoms with E-state index in [0.717, 1.165) is 12.1 Å². The SMILES string of the molecule is Cc1oncc1C1=NN(c2cccc(C(F)(F)F)c2)CO1. The Hall–Kier alpha value is -2.51. The number of benzene rings is 1. The number of nitrogens with zero attached hydrogens (tertiary/aromatic N) is 3. The Kier molecular flexibility index (Phi) is 3.08. The monoisotopic (exact) mass is 297 g/mol. The number of hydrazone groups is 1. The van der Waals surface area contributed by atoms with E-state index in [0.29, 0.717) is 17.0 Å². The first kappa shape index (κ1) is 13.5. The first-order valence-corrected chi connectivity index (χ1v) is 6.03. The highest BCUT2D eigenvalue weighted by Crippen LogP contribution is 2.32. The fourth-order valence-corrected chi connectivity index (χ4v) is 1.90. The number of hydrogen-bond acceptors (Lipinski definition) is 5. The van der Waals surface area contributed by atoms with Gasteiger partial charge in [0, 0.05) is 0 Å². The molecular formula is C13H10F3N3O2. The summed E-state index contributed by atoms with van der Waals surface area (Å²) < 4.78 is 48.4. The van der Waals surface area contributed by atoms with Crippen molar-refractivity contribution in [3.05, 3.63) is 47.3 Å². The third-order valence-electron chi connectivity index (χ3n) is 2.99. The van der Waals surface area contributed by atoms with Crippen LogP contribution in [0.2, 0.25) is 0 Å². The lowest BCUT2D eigenvalue weighted by Crippen LogP contribution is -2.14. The molecule has 0 saturated heterocycles. The molecule has 0 atom stereocenters. The molecule has 0 fully saturated rings. The first-order chi connectivity index (χ1) is 9.95. The molecule has 8 heteroatoms. The zero-order valence-corrected chi connectivity index (χ0v) is 10.9. The van der Waals surface area contributed by atoms with Crippen LogP contribution in [0.25, 0.3) is 0 Å². The Morgan fingerprint density at radius 3 is 2.76 bits per heavy atom. The summed E-state index contributed by atoms with van der Waals surface area (Å²) in [6.45, 7) is 1.72. The summed E-state index contributed by atoms with van der Waals surface area (Å²) in [4.78, 5) is 0. The number of aromatic nitrogens is 1. The molecule has 0 saturated carbocycles. The zero-order valence-electron chi connectivity index (χ0n) is 10.9. The van der Waals surface area contributed by atoms with Gasteiger partial charge in [-0.15, -0.1) is 5.10 Å². The van der Waals surface area contributed by atoms with Crippen molar-refractivity contribution in [1.82, 2.24) is 5.16 Å². The number of aryl methyl sites for hydroxylation is 1. The summed E-state index contributed by atoms with van der Waals surface area (Å²) in [5, 5.41) is 9.10. The van der Waals surface area contributed by atoms with Gasteiger partial charge in [0.05, 0.1) is 17.4 Å². The summed E-state index contributed by atoms with van der Waals surface area (Å²) in [5.41, 5.74) is 0.142. The third-order valence-corrected chi connectivity index (χ3v) is 2.99. The number of anilines is 1. The van der Waals surface area contributed by atoms with E-state index in [1.165, 1.54) is 23.3 Å². The molecule has 0 radical (unpaired) electrons. The highest BCUT2D eigenvalue weighted by atomic mass is 19.4. The summed E-state index contributed by atoms with van der Waals surface area (Å²) in [7, 11) is 0. The van der Waals surface area contributed by atoms with Crippen molar-refractivity contribution in [2.75, 3.05) is 11.7 Å². The van der Waals surface area contributed by atoms with Crippen molar-refractivity contribution in [2.45, 2.75) is 13.1 Å². The van der Waals surface area contributed by atoms with Gasteiger partial charge in [-0.05, 0) is 25.1 Å². The summed E-state index contributed by atoms with van der Waals surface area (Å²) in [6.07, 6.45) is -2.95. The molecule has 1 aliphatic heterocycles. The van der Waals surface area contributed by atoms with Crippen LogP contribution >= 0.6 is 0 Å². The molecule has 0 bridgehead atoms. The van der Waals surface area contributed by atoms with Crippen LogP contribution in [0.5, 0.6) is 0 Å². The van der Waals surface area contributed by atoms with Gasteiger partial charge < -0.3 is 9.26 Å². The van der Waals surface area contributed by atoms with E-state index in [2.05, 4.69) is 10.3 Å². The van der Waals surface area contributed by atoms with Gasteiger partial charge in [0.15, 0.2) is 6.73 Å². The lowest BCUT2D eigenvalue weighted by Gasteiger charge is -2.13. The molecule has 3 rings (SSSR count). The number of halogens is 3. The average Bonchev–Trinajstić information content (AvgIpc) is 3.06. The topological polar surface area (TPSA) is 50.9 Å². The van der Waals surface area contributed by atoms with Gasteiger partial charge >= 0.3 is 6.18 Å². The van der Waals surface area contributed by atoms with E-state index < -0.39 is 11.7 Å². The molecular weight excluding hydrogens is 287 g/mol. The molecule has 0 N–H and O–H groups in total. The van der Waals surface area contributed by atoms with Crippen LogP contribution in [0, 0.1) is 6.92 Å². The number of alkyl halides is 3. The van der Waals surface area contributed by atoms with Crippen LogP contribution in [0.1, 0.15) is 16.9 Å². The Balaban J connectivity index is 1.89. The molecule has 2 heterocycles. The van der Waals surface area contributed by atoms with E-state index in [-0.39, 0.29) is 12.6 Å². The van der Waals surface area contributed by atoms with E-state index in [9.17, 15) is 13.2 Å². The van der Waals surface area contributed by atoms with Crippen molar-refractivity contribution in [3.63, 3.8) is 0 Å². The van der Waals surface area contributed by atoms with Gasteiger partial charge in [0.2, 0.25) is 5.90 Å². The van der Waals surface area contributed by atoms with Gasteiger partial charge in [-0.25, -0.2) is 5.01 Å². The van der Waals surface area contributed by atoms with Gasteiger partial charge in [0.1, 0.15) is 11.3 Å². The number of hydrogen-bond donors (Lipinski definition) is 0. The highest BCUT2D eigenvalue weighted by Gasteiger charge is 2.31. The molecule has 0 spiro atoms. The minimum Gasteiger partial charge on any atom is -0.453 e. The predicted molar refractivity (Wildman–Crippen MR) is 67.7 cm³/mol. The maximum Gasteiger partial charge on any atom is 0.416 e. The molecule has 110 valence electrons. The summed E-state index contributed by atoms with van der Waals surface area (Å²) in [5.74, 6) is 0.797. The summed E-state index contributed by atoms with van der Waals surface area (Å²) in [6, 6.07) is 4.90. The molecule has 5 nitrogen and oxygen atoms in total. The second-order valence-corrected chi connectivity index (χ2v) is 4.42. The molecule has 1 aromatic heterocycles. The smallest absolute Gasteiger partial charge is 0.416 e. The van der Waals surface area contributed by atoms with Crippen LogP contribution in [-0.2, 0) is 10.9 Å². The van der Waals surface area contributed by atoms with Crippen LogP contribution in [0.3, 0.4) is 0 Å². The van der Waals surface area contributed by atoms with Crippen LogP contribution in [-0.4, -0.2) is 17.8 Å². The van der Waals surface area contributed by atoms with Gasteiger partial charge in [-0.2, -0.15) is 13.2 Å². The highest BCUT2D eigenvalue weighted by molar-refractivity contribution is 5.96. The quantitative estimate of drug-likeness (QED) is 0.854. The Morgan fingerprint density at radius 1 is 1.29 bits per heavy atom. The Labute approximate surface area is 117 Å². The molecule has 0 unspecified atom stereocenters. The second kappa shape index (κ2) is 4.80. The molecule has 1 aliphatic rings. The Morgan fingerprint density at radius 2 is 2.10 bits per heavy atom. The maximum atomic E-state index is 12.7. The van der Waals surface area contributed by atoms with Crippen molar-refractivity contribution >= 4 is 11.6 Å². The number of rotatable bonds is 2. The van der Waals surface area contributed by atoms with Crippen molar-refractivity contribution in [2.24, 2.45) is 5.10 Å². The van der Waals surface area contributed by atoms with Gasteiger partial charge in [0.25, 0.3) is 0 Å². The van der Waals surface area contributed by atoms with Crippen molar-refractivity contribution in [1.29, 1.82) is 0 Å². The van der Waals surface area contributed by atoms with Crippen LogP contribution in [0.4, 0.5) is 18.9 Å². The van der Waals surface area contributed by atoms with Crippen molar-refractivity contribution < 1.29 is 22.4 Å². The molecule has 2 aromatic rings. The maximum absolute atomic E-state index is 12.7. The number of ether oxygens (including phenoxy) is 1. The minimum atomic E-state index is -4.39. The van der Waals surface area contributed by atoms with E-state index >= 15 is 0 Å². The molecule has 1 aromatic carbocycles. The molecule has 0 amide bonds. The minimum absolute atomic E-state index is 0.0290. The van der Waals surface area contributed by atoms with Crippen LogP contribution in [0.15, 0.2) is 40.1 Å².